The van der Waals surface area contributed by atoms with Gasteiger partial charge in [0.05, 0.1) is 19.1 Å². The minimum atomic E-state index is 0.670. The fourth-order valence-corrected chi connectivity index (χ4v) is 2.07. The molecule has 1 aromatic heterocycles. The van der Waals surface area contributed by atoms with Gasteiger partial charge in [-0.25, -0.2) is 0 Å². The summed E-state index contributed by atoms with van der Waals surface area (Å²) in [5.41, 5.74) is 11.0. The lowest BCUT2D eigenvalue weighted by Crippen LogP contribution is -2.03. The molecule has 0 bridgehead atoms. The van der Waals surface area contributed by atoms with Gasteiger partial charge in [0.1, 0.15) is 0 Å². The van der Waals surface area contributed by atoms with Crippen LogP contribution in [0.4, 0.5) is 11.4 Å². The van der Waals surface area contributed by atoms with Crippen LogP contribution < -0.4 is 11.1 Å². The van der Waals surface area contributed by atoms with Gasteiger partial charge in [0, 0.05) is 31.1 Å². The van der Waals surface area contributed by atoms with Gasteiger partial charge < -0.3 is 20.2 Å². The zero-order chi connectivity index (χ0) is 13.0. The molecule has 96 valence electrons. The summed E-state index contributed by atoms with van der Waals surface area (Å²) in [4.78, 5) is 0. The van der Waals surface area contributed by atoms with E-state index in [1.54, 1.807) is 19.6 Å². The first-order valence-electron chi connectivity index (χ1n) is 5.88. The molecule has 0 radical (unpaired) electrons. The highest BCUT2D eigenvalue weighted by molar-refractivity contribution is 5.78. The summed E-state index contributed by atoms with van der Waals surface area (Å²) in [5.74, 6) is 0. The van der Waals surface area contributed by atoms with Crippen molar-refractivity contribution in [2.24, 2.45) is 0 Å². The molecule has 1 aromatic carbocycles. The average Bonchev–Trinajstić information content (AvgIpc) is 2.90. The Bertz CT molecular complexity index is 507. The summed E-state index contributed by atoms with van der Waals surface area (Å²) in [7, 11) is 3.60. The van der Waals surface area contributed by atoms with Gasteiger partial charge in [0.15, 0.2) is 0 Å². The Morgan fingerprint density at radius 2 is 2.22 bits per heavy atom. The number of methoxy groups -OCH3 is 1. The summed E-state index contributed by atoms with van der Waals surface area (Å²) in [6, 6.07) is 5.84. The summed E-state index contributed by atoms with van der Waals surface area (Å²) >= 11 is 0. The van der Waals surface area contributed by atoms with Crippen LogP contribution in [0.15, 0.2) is 35.1 Å². The van der Waals surface area contributed by atoms with Crippen LogP contribution in [0.3, 0.4) is 0 Å². The summed E-state index contributed by atoms with van der Waals surface area (Å²) in [6.45, 7) is 0.670. The van der Waals surface area contributed by atoms with E-state index in [-0.39, 0.29) is 0 Å². The topological polar surface area (TPSA) is 60.4 Å². The molecule has 2 rings (SSSR count). The number of hydrogen-bond acceptors (Lipinski definition) is 4. The summed E-state index contributed by atoms with van der Waals surface area (Å²) < 4.78 is 10.3. The van der Waals surface area contributed by atoms with E-state index in [4.69, 9.17) is 14.9 Å². The third kappa shape index (κ3) is 2.49. The third-order valence-corrected chi connectivity index (χ3v) is 2.93. The Labute approximate surface area is 107 Å². The highest BCUT2D eigenvalue weighted by Crippen LogP contribution is 2.32. The minimum Gasteiger partial charge on any atom is -0.472 e. The molecule has 0 aliphatic heterocycles. The lowest BCUT2D eigenvalue weighted by atomic mass is 9.97. The number of hydrogen-bond donors (Lipinski definition) is 2. The minimum absolute atomic E-state index is 0.670. The van der Waals surface area contributed by atoms with Crippen molar-refractivity contribution in [1.82, 2.24) is 0 Å². The van der Waals surface area contributed by atoms with Gasteiger partial charge in [-0.15, -0.1) is 0 Å². The first kappa shape index (κ1) is 12.5. The van der Waals surface area contributed by atoms with E-state index in [2.05, 4.69) is 5.32 Å². The third-order valence-electron chi connectivity index (χ3n) is 2.93. The quantitative estimate of drug-likeness (QED) is 0.796. The van der Waals surface area contributed by atoms with Crippen molar-refractivity contribution in [3.05, 3.63) is 36.3 Å². The normalized spacial score (nSPS) is 10.6. The number of anilines is 2. The molecule has 3 N–H and O–H groups in total. The van der Waals surface area contributed by atoms with Crippen LogP contribution in [0.2, 0.25) is 0 Å². The van der Waals surface area contributed by atoms with Crippen LogP contribution >= 0.6 is 0 Å². The number of benzene rings is 1. The predicted octanol–water partition coefficient (Wildman–Crippen LogP) is 2.76. The first-order valence-corrected chi connectivity index (χ1v) is 5.88. The van der Waals surface area contributed by atoms with Crippen LogP contribution in [0, 0.1) is 0 Å². The Morgan fingerprint density at radius 3 is 2.83 bits per heavy atom. The van der Waals surface area contributed by atoms with E-state index in [0.717, 1.165) is 28.9 Å². The molecular formula is C14H18N2O2. The van der Waals surface area contributed by atoms with Gasteiger partial charge in [0.2, 0.25) is 0 Å². The smallest absolute Gasteiger partial charge is 0.0981 e. The van der Waals surface area contributed by atoms with Crippen LogP contribution in [-0.2, 0) is 11.2 Å². The standard InChI is InChI=1S/C14H18N2O2/c1-16-14-8-11(15)7-13(10-3-6-18-9-10)12(14)4-5-17-2/h3,6-9,16H,4-5,15H2,1-2H3. The van der Waals surface area contributed by atoms with Crippen LogP contribution in [0.1, 0.15) is 5.56 Å². The molecule has 4 nitrogen and oxygen atoms in total. The van der Waals surface area contributed by atoms with Crippen LogP contribution in [0.5, 0.6) is 0 Å². The van der Waals surface area contributed by atoms with E-state index in [1.165, 1.54) is 5.56 Å². The molecular weight excluding hydrogens is 228 g/mol. The van der Waals surface area contributed by atoms with Gasteiger partial charge in [-0.2, -0.15) is 0 Å². The molecule has 18 heavy (non-hydrogen) atoms. The number of ether oxygens (including phenoxy) is 1. The first-order chi connectivity index (χ1) is 8.76. The van der Waals surface area contributed by atoms with Crippen molar-refractivity contribution in [1.29, 1.82) is 0 Å². The summed E-state index contributed by atoms with van der Waals surface area (Å²) in [6.07, 6.45) is 4.22. The highest BCUT2D eigenvalue weighted by Gasteiger charge is 2.12. The lowest BCUT2D eigenvalue weighted by molar-refractivity contribution is 0.202. The van der Waals surface area contributed by atoms with E-state index in [9.17, 15) is 0 Å². The average molecular weight is 246 g/mol. The Morgan fingerprint density at radius 1 is 1.39 bits per heavy atom. The number of nitrogens with one attached hydrogen (secondary N) is 1. The van der Waals surface area contributed by atoms with Crippen molar-refractivity contribution in [2.45, 2.75) is 6.42 Å². The maximum Gasteiger partial charge on any atom is 0.0981 e. The molecule has 0 saturated heterocycles. The molecule has 0 fully saturated rings. The molecule has 0 unspecified atom stereocenters. The molecule has 2 aromatic rings. The van der Waals surface area contributed by atoms with Gasteiger partial charge >= 0.3 is 0 Å². The SMILES string of the molecule is CNc1cc(N)cc(-c2ccoc2)c1CCOC. The van der Waals surface area contributed by atoms with E-state index in [0.29, 0.717) is 6.61 Å². The van der Waals surface area contributed by atoms with Gasteiger partial charge in [-0.05, 0) is 35.7 Å². The number of furan rings is 1. The number of rotatable bonds is 5. The largest absolute Gasteiger partial charge is 0.472 e. The van der Waals surface area contributed by atoms with Crippen molar-refractivity contribution in [3.8, 4) is 11.1 Å². The van der Waals surface area contributed by atoms with Gasteiger partial charge in [-0.1, -0.05) is 0 Å². The highest BCUT2D eigenvalue weighted by atomic mass is 16.5. The maximum atomic E-state index is 5.94. The lowest BCUT2D eigenvalue weighted by Gasteiger charge is -2.15. The molecule has 0 saturated carbocycles. The van der Waals surface area contributed by atoms with Gasteiger partial charge in [0.25, 0.3) is 0 Å². The van der Waals surface area contributed by atoms with Crippen molar-refractivity contribution < 1.29 is 9.15 Å². The summed E-state index contributed by atoms with van der Waals surface area (Å²) in [5, 5.41) is 3.18. The maximum absolute atomic E-state index is 5.94. The van der Waals surface area contributed by atoms with E-state index >= 15 is 0 Å². The molecule has 0 aliphatic rings. The van der Waals surface area contributed by atoms with Crippen molar-refractivity contribution >= 4 is 11.4 Å². The molecule has 0 aliphatic carbocycles. The fraction of sp³-hybridized carbons (Fsp3) is 0.286. The Hall–Kier alpha value is -1.94. The number of nitrogen functional groups attached to an aromatic ring is 1. The molecule has 0 atom stereocenters. The zero-order valence-corrected chi connectivity index (χ0v) is 10.7. The zero-order valence-electron chi connectivity index (χ0n) is 10.7. The second-order valence-corrected chi connectivity index (χ2v) is 4.10. The fourth-order valence-electron chi connectivity index (χ4n) is 2.07. The van der Waals surface area contributed by atoms with Crippen molar-refractivity contribution in [3.63, 3.8) is 0 Å². The second kappa shape index (κ2) is 5.60. The monoisotopic (exact) mass is 246 g/mol. The Kier molecular flexibility index (Phi) is 3.89. The Balaban J connectivity index is 2.51. The van der Waals surface area contributed by atoms with E-state index in [1.807, 2.05) is 25.2 Å². The van der Waals surface area contributed by atoms with Crippen molar-refractivity contribution in [2.75, 3.05) is 31.8 Å². The van der Waals surface area contributed by atoms with Crippen LogP contribution in [-0.4, -0.2) is 20.8 Å². The second-order valence-electron chi connectivity index (χ2n) is 4.10. The van der Waals surface area contributed by atoms with E-state index < -0.39 is 0 Å². The molecule has 0 spiro atoms. The van der Waals surface area contributed by atoms with Crippen LogP contribution in [0.25, 0.3) is 11.1 Å². The number of nitrogens with two attached hydrogens (primary N) is 1. The molecule has 1 heterocycles. The van der Waals surface area contributed by atoms with Gasteiger partial charge in [-0.3, -0.25) is 0 Å². The molecule has 4 heteroatoms. The predicted molar refractivity (Wildman–Crippen MR) is 73.7 cm³/mol. The molecule has 0 amide bonds.